The van der Waals surface area contributed by atoms with Gasteiger partial charge in [-0.1, -0.05) is 364 Å². The normalized spacial score (nSPS) is 13.8. The number of anilines is 3. The van der Waals surface area contributed by atoms with Gasteiger partial charge < -0.3 is 24.0 Å². The molecule has 0 saturated heterocycles. The lowest BCUT2D eigenvalue weighted by atomic mass is 9.94. The number of fused-ring (bicyclic) bond motifs is 8. The van der Waals surface area contributed by atoms with Gasteiger partial charge in [-0.3, -0.25) is 14.4 Å². The lowest BCUT2D eigenvalue weighted by Crippen LogP contribution is -2.18. The first-order valence-electron chi connectivity index (χ1n) is 50.0. The number of ketones is 3. The second kappa shape index (κ2) is 48.9. The zero-order valence-corrected chi connectivity index (χ0v) is 87.4. The fraction of sp³-hybridized carbons (Fsp3) is 0.283. The number of benzene rings is 13. The van der Waals surface area contributed by atoms with Crippen LogP contribution in [0.5, 0.6) is 23.1 Å². The highest BCUT2D eigenvalue weighted by atomic mass is 35.5. The van der Waals surface area contributed by atoms with Crippen LogP contribution in [0.3, 0.4) is 0 Å². The van der Waals surface area contributed by atoms with Crippen molar-refractivity contribution in [3.8, 4) is 51.2 Å². The maximum absolute atomic E-state index is 12.8. The number of carbonyl (C=O) groups excluding carboxylic acids is 3. The van der Waals surface area contributed by atoms with Crippen molar-refractivity contribution < 1.29 is 28.6 Å². The van der Waals surface area contributed by atoms with Gasteiger partial charge in [-0.2, -0.15) is 5.10 Å². The highest BCUT2D eigenvalue weighted by molar-refractivity contribution is 7.99. The third kappa shape index (κ3) is 27.0. The first kappa shape index (κ1) is 104. The molecule has 1 fully saturated rings. The minimum atomic E-state index is 0.0607. The smallest absolute Gasteiger partial charge is 0.222 e. The molecule has 1 atom stereocenters. The molecule has 0 amide bonds. The molecule has 0 spiro atoms. The van der Waals surface area contributed by atoms with Crippen LogP contribution in [-0.2, 0) is 30.8 Å². The summed E-state index contributed by atoms with van der Waals surface area (Å²) in [5.41, 5.74) is 29.6. The summed E-state index contributed by atoms with van der Waals surface area (Å²) < 4.78 is 19.3. The number of nitrogens with zero attached hydrogens (tertiary/aromatic N) is 5. The van der Waals surface area contributed by atoms with Gasteiger partial charge in [0.15, 0.2) is 11.6 Å². The zero-order chi connectivity index (χ0) is 100. The first-order valence-corrected chi connectivity index (χ1v) is 51.5. The summed E-state index contributed by atoms with van der Waals surface area (Å²) in [6.07, 6.45) is 13.1. The molecule has 0 radical (unpaired) electrons. The summed E-state index contributed by atoms with van der Waals surface area (Å²) >= 11 is 14.1. The summed E-state index contributed by atoms with van der Waals surface area (Å²) in [6, 6.07) is 104. The van der Waals surface area contributed by atoms with Gasteiger partial charge in [0.1, 0.15) is 36.2 Å². The summed E-state index contributed by atoms with van der Waals surface area (Å²) in [7, 11) is 2.15. The summed E-state index contributed by atoms with van der Waals surface area (Å²) in [6.45, 7) is 39.8. The molecule has 0 N–H and O–H groups in total. The van der Waals surface area contributed by atoms with Crippen molar-refractivity contribution in [1.29, 1.82) is 0 Å². The Kier molecular flexibility index (Phi) is 36.0. The molecule has 21 rings (SSSR count). The number of aromatic nitrogens is 3. The first-order chi connectivity index (χ1) is 67.9. The molecule has 7 heterocycles. The molecule has 14 heteroatoms. The minimum Gasteiger partial charge on any atom is -0.488 e. The Labute approximate surface area is 851 Å². The lowest BCUT2D eigenvalue weighted by Gasteiger charge is -2.30. The molecular weight excluding hydrogens is 1790 g/mol. The molecule has 1 saturated carbocycles. The summed E-state index contributed by atoms with van der Waals surface area (Å²) in [4.78, 5) is 48.5. The number of hydrogen-bond donors (Lipinski definition) is 0. The van der Waals surface area contributed by atoms with Crippen LogP contribution >= 0.6 is 35.0 Å². The van der Waals surface area contributed by atoms with E-state index in [0.29, 0.717) is 94.9 Å². The number of aryl methyl sites for hydroxylation is 1. The quantitative estimate of drug-likeness (QED) is 0.0969. The maximum atomic E-state index is 12.8. The number of pyridine rings is 1. The maximum Gasteiger partial charge on any atom is 0.222 e. The fourth-order valence-corrected chi connectivity index (χ4v) is 19.2. The molecule has 141 heavy (non-hydrogen) atoms. The highest BCUT2D eigenvalue weighted by Gasteiger charge is 2.29. The Morgan fingerprint density at radius 1 is 0.411 bits per heavy atom. The van der Waals surface area contributed by atoms with Crippen LogP contribution in [0, 0.1) is 12.8 Å². The second-order valence-electron chi connectivity index (χ2n) is 39.6. The molecule has 13 aromatic carbocycles. The zero-order valence-electron chi connectivity index (χ0n) is 85.1. The van der Waals surface area contributed by atoms with E-state index in [1.54, 1.807) is 6.20 Å². The van der Waals surface area contributed by atoms with Gasteiger partial charge in [-0.25, -0.2) is 9.67 Å². The minimum absolute atomic E-state index is 0.0607. The standard InChI is InChI=1S/C18H17ClN2.C18H18O2.C17H16O2.C16H17NS.C15H15NO.C15H20O.C15H16.C13H16ClN/c1-13(2)17-12-21(16-6-4-3-5-7-16)20-18(17)14-8-10-15(19)11-9-14;1-11(2)13-6-7-17-16(9-13)18(19)15-8-12(3)4-5-14(15)10-20-17;1-11(2)12-7-8-16-15(9-12)17(18)14-6-4-3-5-13(14)10-19-16;1-11(2)12-8-9-16-14(10-12)17(3)13-6-4-5-7-15(13)18-16;1-10(2)11-5-6-14-13(8-11)9-12-4-3-7-16-15(12)17-14;1-11(2)13-8-6-12(7-9-13)10-14-4-3-5-15(14)16;1-12(2)13-8-10-15(11-9-13)14-6-4-3-5-7-14;1-10(2)11-5-6-13(12(14)9-11)15-7-3-4-8-15/h3-13H,1-2H3;4-9,11H,10H2,1-3H3;3-9,11H,10H2,1-2H3;4-11H,1-3H3;3-8,10H,9H2,1-2H3;6-9,11,14H,3-5,10H2,1-2H3;3-12H,1-2H3;3-6,9-10H,7-8H2,1-2H3. The van der Waals surface area contributed by atoms with E-state index in [1.165, 1.54) is 82.4 Å². The molecule has 11 nitrogen and oxygen atoms in total. The van der Waals surface area contributed by atoms with E-state index in [2.05, 4.69) is 321 Å². The van der Waals surface area contributed by atoms with Crippen molar-refractivity contribution in [3.63, 3.8) is 0 Å². The van der Waals surface area contributed by atoms with Crippen molar-refractivity contribution >= 4 is 69.4 Å². The van der Waals surface area contributed by atoms with E-state index in [-0.39, 0.29) is 11.6 Å². The Balaban J connectivity index is 0.000000128. The van der Waals surface area contributed by atoms with Crippen LogP contribution in [0.2, 0.25) is 10.0 Å². The van der Waals surface area contributed by atoms with Gasteiger partial charge in [-0.05, 0) is 238 Å². The predicted octanol–water partition coefficient (Wildman–Crippen LogP) is 34.5. The van der Waals surface area contributed by atoms with Crippen molar-refractivity contribution in [3.05, 3.63) is 438 Å². The number of hydrogen-bond acceptors (Lipinski definition) is 11. The predicted molar refractivity (Wildman–Crippen MR) is 589 cm³/mol. The molecule has 5 aliphatic heterocycles. The van der Waals surface area contributed by atoms with Crippen molar-refractivity contribution in [2.24, 2.45) is 5.92 Å². The van der Waals surface area contributed by atoms with E-state index < -0.39 is 0 Å². The SMILES string of the molecule is CC(C)c1ccc(-c2ccccc2)cc1.CC(C)c1ccc(CC2CCCC2=O)cc1.CC(C)c1ccc(N2CC=CC2)c(Cl)c1.CC(C)c1ccc2c(c1)C(=O)c1ccccc1CO2.CC(C)c1ccc2c(c1)Cc1cccnc1O2.CC(C)c1ccc2c(c1)N(C)c1ccccc1S2.CC(C)c1cn(-c2ccccc2)nc1-c1ccc(Cl)cc1.Cc1ccc2c(c1)C(=O)c1cc(C(C)C)ccc1OC2. The average molecular weight is 1930 g/mol. The van der Waals surface area contributed by atoms with Crippen LogP contribution in [0.4, 0.5) is 17.1 Å². The topological polar surface area (TPSA) is 116 Å². The Bertz CT molecular complexity index is 6790. The van der Waals surface area contributed by atoms with E-state index in [4.69, 9.17) is 42.5 Å². The van der Waals surface area contributed by atoms with Gasteiger partial charge in [0.2, 0.25) is 5.88 Å². The third-order valence-electron chi connectivity index (χ3n) is 26.6. The summed E-state index contributed by atoms with van der Waals surface area (Å²) in [5.74, 6) is 8.02. The van der Waals surface area contributed by atoms with E-state index in [1.807, 2.05) is 157 Å². The van der Waals surface area contributed by atoms with Gasteiger partial charge in [0.05, 0.1) is 44.6 Å². The lowest BCUT2D eigenvalue weighted by molar-refractivity contribution is -0.120. The number of para-hydroxylation sites is 2. The monoisotopic (exact) mass is 1930 g/mol. The van der Waals surface area contributed by atoms with Crippen molar-refractivity contribution in [2.45, 2.75) is 220 Å². The third-order valence-corrected chi connectivity index (χ3v) is 28.2. The van der Waals surface area contributed by atoms with Crippen LogP contribution in [-0.4, -0.2) is 52.3 Å². The molecule has 0 bridgehead atoms. The Morgan fingerprint density at radius 2 is 0.908 bits per heavy atom. The van der Waals surface area contributed by atoms with Crippen molar-refractivity contribution in [1.82, 2.24) is 14.8 Å². The van der Waals surface area contributed by atoms with Gasteiger partial charge >= 0.3 is 0 Å². The Morgan fingerprint density at radius 3 is 1.50 bits per heavy atom. The fourth-order valence-electron chi connectivity index (χ4n) is 17.7. The van der Waals surface area contributed by atoms with Crippen LogP contribution in [0.25, 0.3) is 28.1 Å². The molecule has 1 aliphatic carbocycles. The summed E-state index contributed by atoms with van der Waals surface area (Å²) in [5, 5.41) is 6.38. The number of rotatable bonds is 14. The molecule has 724 valence electrons. The number of carbonyl (C=O) groups is 3. The highest BCUT2D eigenvalue weighted by Crippen LogP contribution is 2.49. The number of ether oxygens (including phenoxy) is 3. The largest absolute Gasteiger partial charge is 0.488 e. The number of halogens is 2. The van der Waals surface area contributed by atoms with Gasteiger partial charge in [-0.15, -0.1) is 0 Å². The average Bonchev–Trinajstić information content (AvgIpc) is 1.75. The molecule has 6 aliphatic rings. The van der Waals surface area contributed by atoms with E-state index in [0.717, 1.165) is 128 Å². The Hall–Kier alpha value is -13.1. The number of Topliss-reactive ketones (excluding diaryl/α,β-unsaturated/α-hetero) is 1. The van der Waals surface area contributed by atoms with E-state index >= 15 is 0 Å². The molecular formula is C127H135Cl2N5O6S. The van der Waals surface area contributed by atoms with Crippen LogP contribution in [0.1, 0.15) is 287 Å². The van der Waals surface area contributed by atoms with Crippen molar-refractivity contribution in [2.75, 3.05) is 29.9 Å². The molecule has 1 unspecified atom stereocenters. The van der Waals surface area contributed by atoms with Gasteiger partial charge in [0.25, 0.3) is 0 Å². The van der Waals surface area contributed by atoms with Gasteiger partial charge in [0, 0.05) is 105 Å². The van der Waals surface area contributed by atoms with Crippen LogP contribution < -0.4 is 24.0 Å². The van der Waals surface area contributed by atoms with E-state index in [9.17, 15) is 14.4 Å². The van der Waals surface area contributed by atoms with Crippen LogP contribution in [0.15, 0.2) is 338 Å². The second-order valence-corrected chi connectivity index (χ2v) is 41.5. The molecule has 15 aromatic rings. The molecule has 2 aromatic heterocycles.